The number of benzene rings is 1. The first-order valence-corrected chi connectivity index (χ1v) is 5.63. The molecule has 0 aliphatic rings. The summed E-state index contributed by atoms with van der Waals surface area (Å²) in [6.45, 7) is 3.05. The van der Waals surface area contributed by atoms with Crippen molar-refractivity contribution in [3.8, 4) is 11.1 Å². The van der Waals surface area contributed by atoms with E-state index in [1.54, 1.807) is 14.0 Å². The number of aromatic nitrogens is 1. The van der Waals surface area contributed by atoms with Crippen molar-refractivity contribution in [1.82, 2.24) is 4.57 Å². The minimum absolute atomic E-state index is 0.146. The summed E-state index contributed by atoms with van der Waals surface area (Å²) in [6.07, 6.45) is 1.85. The average Bonchev–Trinajstić information content (AvgIpc) is 2.65. The van der Waals surface area contributed by atoms with E-state index in [1.165, 1.54) is 0 Å². The summed E-state index contributed by atoms with van der Waals surface area (Å²) >= 11 is 0. The van der Waals surface area contributed by atoms with Gasteiger partial charge in [0, 0.05) is 25.4 Å². The van der Waals surface area contributed by atoms with Crippen molar-refractivity contribution in [2.45, 2.75) is 13.5 Å². The SMILES string of the molecule is COCCn1cc(-c2ccccc2)c(F)c1C. The highest BCUT2D eigenvalue weighted by Crippen LogP contribution is 2.26. The molecule has 0 amide bonds. The van der Waals surface area contributed by atoms with E-state index in [1.807, 2.05) is 41.1 Å². The Morgan fingerprint density at radius 3 is 2.59 bits per heavy atom. The lowest BCUT2D eigenvalue weighted by Gasteiger charge is -2.03. The summed E-state index contributed by atoms with van der Waals surface area (Å²) in [6, 6.07) is 9.58. The monoisotopic (exact) mass is 233 g/mol. The molecule has 0 N–H and O–H groups in total. The molecule has 1 heterocycles. The van der Waals surface area contributed by atoms with Gasteiger partial charge < -0.3 is 9.30 Å². The maximum atomic E-state index is 14.1. The lowest BCUT2D eigenvalue weighted by Crippen LogP contribution is -2.04. The van der Waals surface area contributed by atoms with Crippen molar-refractivity contribution < 1.29 is 9.13 Å². The standard InChI is InChI=1S/C14H16FNO/c1-11-14(15)13(10-16(11)8-9-17-2)12-6-4-3-5-7-12/h3-7,10H,8-9H2,1-2H3. The Morgan fingerprint density at radius 2 is 1.94 bits per heavy atom. The quantitative estimate of drug-likeness (QED) is 0.790. The van der Waals surface area contributed by atoms with Gasteiger partial charge in [0.05, 0.1) is 12.3 Å². The normalized spacial score (nSPS) is 10.8. The van der Waals surface area contributed by atoms with E-state index in [-0.39, 0.29) is 5.82 Å². The van der Waals surface area contributed by atoms with E-state index in [0.29, 0.717) is 24.4 Å². The van der Waals surface area contributed by atoms with E-state index >= 15 is 0 Å². The third-order valence-electron chi connectivity index (χ3n) is 2.89. The molecule has 1 aromatic heterocycles. The fraction of sp³-hybridized carbons (Fsp3) is 0.286. The zero-order valence-electron chi connectivity index (χ0n) is 10.1. The summed E-state index contributed by atoms with van der Waals surface area (Å²) in [4.78, 5) is 0. The van der Waals surface area contributed by atoms with Gasteiger partial charge >= 0.3 is 0 Å². The predicted molar refractivity (Wildman–Crippen MR) is 66.4 cm³/mol. The zero-order valence-corrected chi connectivity index (χ0v) is 10.1. The molecule has 0 saturated heterocycles. The average molecular weight is 233 g/mol. The van der Waals surface area contributed by atoms with Gasteiger partial charge in [-0.25, -0.2) is 4.39 Å². The van der Waals surface area contributed by atoms with Crippen LogP contribution < -0.4 is 0 Å². The van der Waals surface area contributed by atoms with Crippen molar-refractivity contribution in [3.05, 3.63) is 48.0 Å². The Balaban J connectivity index is 2.36. The van der Waals surface area contributed by atoms with Gasteiger partial charge in [0.1, 0.15) is 0 Å². The van der Waals surface area contributed by atoms with Gasteiger partial charge in [0.25, 0.3) is 0 Å². The van der Waals surface area contributed by atoms with Crippen LogP contribution in [0.1, 0.15) is 5.69 Å². The van der Waals surface area contributed by atoms with Crippen LogP contribution in [0.15, 0.2) is 36.5 Å². The number of hydrogen-bond acceptors (Lipinski definition) is 1. The largest absolute Gasteiger partial charge is 0.383 e. The lowest BCUT2D eigenvalue weighted by molar-refractivity contribution is 0.186. The summed E-state index contributed by atoms with van der Waals surface area (Å²) in [5.41, 5.74) is 2.21. The Morgan fingerprint density at radius 1 is 1.24 bits per heavy atom. The summed E-state index contributed by atoms with van der Waals surface area (Å²) < 4.78 is 21.0. The Labute approximate surface area is 101 Å². The summed E-state index contributed by atoms with van der Waals surface area (Å²) in [5, 5.41) is 0. The smallest absolute Gasteiger partial charge is 0.151 e. The van der Waals surface area contributed by atoms with Crippen LogP contribution in [0.4, 0.5) is 4.39 Å². The fourth-order valence-electron chi connectivity index (χ4n) is 1.87. The van der Waals surface area contributed by atoms with Crippen LogP contribution in [-0.2, 0) is 11.3 Å². The van der Waals surface area contributed by atoms with Crippen molar-refractivity contribution >= 4 is 0 Å². The first-order chi connectivity index (χ1) is 8.24. The third-order valence-corrected chi connectivity index (χ3v) is 2.89. The zero-order chi connectivity index (χ0) is 12.3. The molecule has 0 atom stereocenters. The molecular formula is C14H16FNO. The molecule has 0 unspecified atom stereocenters. The van der Waals surface area contributed by atoms with E-state index in [4.69, 9.17) is 4.74 Å². The molecule has 2 rings (SSSR count). The predicted octanol–water partition coefficient (Wildman–Crippen LogP) is 3.25. The number of nitrogens with zero attached hydrogens (tertiary/aromatic N) is 1. The van der Waals surface area contributed by atoms with Crippen LogP contribution in [0, 0.1) is 12.7 Å². The van der Waals surface area contributed by atoms with Gasteiger partial charge in [0.15, 0.2) is 5.82 Å². The molecule has 2 nitrogen and oxygen atoms in total. The molecule has 0 fully saturated rings. The Kier molecular flexibility index (Phi) is 3.59. The number of ether oxygens (including phenoxy) is 1. The second kappa shape index (κ2) is 5.15. The van der Waals surface area contributed by atoms with Gasteiger partial charge in [-0.05, 0) is 12.5 Å². The molecule has 0 radical (unpaired) electrons. The van der Waals surface area contributed by atoms with E-state index in [0.717, 1.165) is 5.56 Å². The van der Waals surface area contributed by atoms with Crippen LogP contribution in [0.25, 0.3) is 11.1 Å². The van der Waals surface area contributed by atoms with Gasteiger partial charge in [-0.2, -0.15) is 0 Å². The highest BCUT2D eigenvalue weighted by Gasteiger charge is 2.13. The van der Waals surface area contributed by atoms with Crippen LogP contribution in [-0.4, -0.2) is 18.3 Å². The van der Waals surface area contributed by atoms with Gasteiger partial charge in [-0.3, -0.25) is 0 Å². The second-order valence-electron chi connectivity index (χ2n) is 3.99. The number of halogens is 1. The minimum atomic E-state index is -0.146. The third kappa shape index (κ3) is 2.39. The van der Waals surface area contributed by atoms with Crippen LogP contribution in [0.5, 0.6) is 0 Å². The molecule has 0 aliphatic carbocycles. The summed E-state index contributed by atoms with van der Waals surface area (Å²) in [7, 11) is 1.65. The van der Waals surface area contributed by atoms with E-state index < -0.39 is 0 Å². The highest BCUT2D eigenvalue weighted by molar-refractivity contribution is 5.64. The highest BCUT2D eigenvalue weighted by atomic mass is 19.1. The van der Waals surface area contributed by atoms with Gasteiger partial charge in [-0.1, -0.05) is 30.3 Å². The fourth-order valence-corrected chi connectivity index (χ4v) is 1.87. The molecule has 0 spiro atoms. The topological polar surface area (TPSA) is 14.2 Å². The van der Waals surface area contributed by atoms with Crippen LogP contribution in [0.3, 0.4) is 0 Å². The molecule has 0 bridgehead atoms. The molecule has 1 aromatic carbocycles. The minimum Gasteiger partial charge on any atom is -0.383 e. The second-order valence-corrected chi connectivity index (χ2v) is 3.99. The molecule has 90 valence electrons. The molecule has 0 saturated carbocycles. The number of methoxy groups -OCH3 is 1. The maximum absolute atomic E-state index is 14.1. The van der Waals surface area contributed by atoms with Crippen molar-refractivity contribution in [3.63, 3.8) is 0 Å². The van der Waals surface area contributed by atoms with Gasteiger partial charge in [0.2, 0.25) is 0 Å². The Bertz CT molecular complexity index is 490. The van der Waals surface area contributed by atoms with Crippen molar-refractivity contribution in [2.75, 3.05) is 13.7 Å². The molecule has 17 heavy (non-hydrogen) atoms. The molecule has 3 heteroatoms. The summed E-state index contributed by atoms with van der Waals surface area (Å²) in [5.74, 6) is -0.146. The Hall–Kier alpha value is -1.61. The molecule has 0 aliphatic heterocycles. The van der Waals surface area contributed by atoms with E-state index in [9.17, 15) is 4.39 Å². The van der Waals surface area contributed by atoms with Crippen molar-refractivity contribution in [2.24, 2.45) is 0 Å². The molecular weight excluding hydrogens is 217 g/mol. The number of hydrogen-bond donors (Lipinski definition) is 0. The molecule has 2 aromatic rings. The number of rotatable bonds is 4. The lowest BCUT2D eigenvalue weighted by atomic mass is 10.1. The first kappa shape index (κ1) is 11.9. The van der Waals surface area contributed by atoms with Gasteiger partial charge in [-0.15, -0.1) is 0 Å². The first-order valence-electron chi connectivity index (χ1n) is 5.63. The maximum Gasteiger partial charge on any atom is 0.151 e. The van der Waals surface area contributed by atoms with Crippen LogP contribution in [0.2, 0.25) is 0 Å². The van der Waals surface area contributed by atoms with Crippen LogP contribution >= 0.6 is 0 Å². The van der Waals surface area contributed by atoms with E-state index in [2.05, 4.69) is 0 Å². The van der Waals surface area contributed by atoms with Crippen molar-refractivity contribution in [1.29, 1.82) is 0 Å².